The molecule has 0 radical (unpaired) electrons. The number of fused-ring (bicyclic) bond motifs is 1. The van der Waals surface area contributed by atoms with E-state index in [1.54, 1.807) is 49.1 Å². The highest BCUT2D eigenvalue weighted by atomic mass is 35.5. The van der Waals surface area contributed by atoms with Gasteiger partial charge in [-0.05, 0) is 48.7 Å². The summed E-state index contributed by atoms with van der Waals surface area (Å²) in [7, 11) is 3.17. The van der Waals surface area contributed by atoms with Gasteiger partial charge in [0.25, 0.3) is 5.56 Å². The van der Waals surface area contributed by atoms with Gasteiger partial charge in [0.05, 0.1) is 25.7 Å². The van der Waals surface area contributed by atoms with E-state index in [1.807, 2.05) is 25.1 Å². The molecule has 1 aliphatic heterocycles. The van der Waals surface area contributed by atoms with E-state index in [0.717, 1.165) is 16.8 Å². The molecule has 2 aromatic carbocycles. The van der Waals surface area contributed by atoms with Gasteiger partial charge in [-0.1, -0.05) is 29.8 Å². The van der Waals surface area contributed by atoms with E-state index >= 15 is 0 Å². The van der Waals surface area contributed by atoms with Gasteiger partial charge >= 0.3 is 0 Å². The average Bonchev–Trinajstić information content (AvgIpc) is 2.83. The SMILES string of the molecule is COc1ccc(CCn2c(C)cc3c(c2=O)[C@H](c2ccc(Cl)cc2)C(C#N)=C(N)O3)cc1OC. The lowest BCUT2D eigenvalue weighted by Crippen LogP contribution is -2.33. The highest BCUT2D eigenvalue weighted by molar-refractivity contribution is 6.30. The standard InChI is InChI=1S/C26H24ClN3O4/c1-15-12-22-24(23(19(14-28)25(29)34-22)17-5-7-18(27)8-6-17)26(31)30(15)11-10-16-4-9-20(32-2)21(13-16)33-3/h4-9,12-13,23H,10-11,29H2,1-3H3/t23-/m1/s1. The Hall–Kier alpha value is -3.89. The third-order valence-electron chi connectivity index (χ3n) is 5.97. The number of ether oxygens (including phenoxy) is 3. The first kappa shape index (κ1) is 23.3. The molecule has 2 N–H and O–H groups in total. The fourth-order valence-corrected chi connectivity index (χ4v) is 4.36. The molecule has 174 valence electrons. The van der Waals surface area contributed by atoms with Gasteiger partial charge < -0.3 is 24.5 Å². The van der Waals surface area contributed by atoms with Crippen LogP contribution in [0, 0.1) is 18.3 Å². The molecule has 0 spiro atoms. The monoisotopic (exact) mass is 477 g/mol. The Balaban J connectivity index is 1.76. The molecule has 1 atom stereocenters. The molecule has 34 heavy (non-hydrogen) atoms. The number of hydrogen-bond donors (Lipinski definition) is 1. The molecule has 0 saturated heterocycles. The molecular formula is C26H24ClN3O4. The molecule has 0 aliphatic carbocycles. The molecule has 2 heterocycles. The van der Waals surface area contributed by atoms with E-state index < -0.39 is 5.92 Å². The second-order valence-corrected chi connectivity index (χ2v) is 8.37. The minimum Gasteiger partial charge on any atom is -0.493 e. The maximum atomic E-state index is 13.7. The van der Waals surface area contributed by atoms with Crippen molar-refractivity contribution in [3.05, 3.63) is 97.7 Å². The number of halogens is 1. The van der Waals surface area contributed by atoms with E-state index in [4.69, 9.17) is 31.5 Å². The smallest absolute Gasteiger partial charge is 0.258 e. The van der Waals surface area contributed by atoms with Crippen molar-refractivity contribution in [2.45, 2.75) is 25.8 Å². The van der Waals surface area contributed by atoms with Gasteiger partial charge in [0.15, 0.2) is 11.5 Å². The number of nitrogens with two attached hydrogens (primary N) is 1. The Labute approximate surface area is 202 Å². The van der Waals surface area contributed by atoms with Crippen LogP contribution in [0.1, 0.15) is 28.3 Å². The van der Waals surface area contributed by atoms with Gasteiger partial charge in [-0.3, -0.25) is 4.79 Å². The van der Waals surface area contributed by atoms with Crippen LogP contribution in [0.2, 0.25) is 5.02 Å². The lowest BCUT2D eigenvalue weighted by Gasteiger charge is -2.27. The minimum atomic E-state index is -0.647. The number of aromatic nitrogens is 1. The molecule has 3 aromatic rings. The van der Waals surface area contributed by atoms with E-state index in [1.165, 1.54) is 0 Å². The Morgan fingerprint density at radius 1 is 1.12 bits per heavy atom. The summed E-state index contributed by atoms with van der Waals surface area (Å²) in [5.74, 6) is 0.985. The van der Waals surface area contributed by atoms with Crippen LogP contribution < -0.4 is 25.5 Å². The van der Waals surface area contributed by atoms with Crippen molar-refractivity contribution in [3.63, 3.8) is 0 Å². The lowest BCUT2D eigenvalue weighted by molar-refractivity contribution is 0.354. The summed E-state index contributed by atoms with van der Waals surface area (Å²) in [4.78, 5) is 13.7. The number of pyridine rings is 1. The quantitative estimate of drug-likeness (QED) is 0.568. The first-order valence-electron chi connectivity index (χ1n) is 10.7. The van der Waals surface area contributed by atoms with Gasteiger partial charge in [-0.15, -0.1) is 0 Å². The summed E-state index contributed by atoms with van der Waals surface area (Å²) >= 11 is 6.06. The Kier molecular flexibility index (Phi) is 6.53. The Bertz CT molecular complexity index is 1370. The van der Waals surface area contributed by atoms with Gasteiger partial charge in [0.2, 0.25) is 5.88 Å². The van der Waals surface area contributed by atoms with Crippen LogP contribution in [-0.2, 0) is 13.0 Å². The molecule has 0 bridgehead atoms. The molecule has 1 aliphatic rings. The second kappa shape index (κ2) is 9.54. The zero-order valence-electron chi connectivity index (χ0n) is 19.1. The maximum Gasteiger partial charge on any atom is 0.258 e. The third-order valence-corrected chi connectivity index (χ3v) is 6.22. The van der Waals surface area contributed by atoms with Crippen molar-refractivity contribution in [2.75, 3.05) is 14.2 Å². The van der Waals surface area contributed by atoms with Crippen LogP contribution in [0.5, 0.6) is 17.2 Å². The molecule has 7 nitrogen and oxygen atoms in total. The average molecular weight is 478 g/mol. The van der Waals surface area contributed by atoms with Gasteiger partial charge in [-0.2, -0.15) is 5.26 Å². The molecule has 0 amide bonds. The summed E-state index contributed by atoms with van der Waals surface area (Å²) in [6.45, 7) is 2.28. The zero-order chi connectivity index (χ0) is 24.4. The Morgan fingerprint density at radius 3 is 2.47 bits per heavy atom. The number of benzene rings is 2. The van der Waals surface area contributed by atoms with E-state index in [9.17, 15) is 10.1 Å². The predicted octanol–water partition coefficient (Wildman–Crippen LogP) is 4.29. The lowest BCUT2D eigenvalue weighted by atomic mass is 9.84. The number of nitrogens with zero attached hydrogens (tertiary/aromatic N) is 2. The number of nitriles is 1. The maximum absolute atomic E-state index is 13.7. The van der Waals surface area contributed by atoms with E-state index in [-0.39, 0.29) is 17.0 Å². The summed E-state index contributed by atoms with van der Waals surface area (Å²) in [5.41, 5.74) is 8.87. The van der Waals surface area contributed by atoms with Crippen molar-refractivity contribution in [2.24, 2.45) is 5.73 Å². The molecule has 4 rings (SSSR count). The van der Waals surface area contributed by atoms with Gasteiger partial charge in [0, 0.05) is 23.3 Å². The topological polar surface area (TPSA) is 99.5 Å². The molecule has 0 saturated carbocycles. The first-order chi connectivity index (χ1) is 16.4. The number of allylic oxidation sites excluding steroid dienone is 1. The van der Waals surface area contributed by atoms with Crippen LogP contribution in [0.25, 0.3) is 0 Å². The molecule has 0 fully saturated rings. The van der Waals surface area contributed by atoms with Crippen LogP contribution in [0.15, 0.2) is 64.8 Å². The number of hydrogen-bond acceptors (Lipinski definition) is 6. The van der Waals surface area contributed by atoms with E-state index in [2.05, 4.69) is 6.07 Å². The number of aryl methyl sites for hydroxylation is 2. The largest absolute Gasteiger partial charge is 0.493 e. The fraction of sp³-hybridized carbons (Fsp3) is 0.231. The van der Waals surface area contributed by atoms with Crippen molar-refractivity contribution in [1.29, 1.82) is 5.26 Å². The van der Waals surface area contributed by atoms with Crippen molar-refractivity contribution in [1.82, 2.24) is 4.57 Å². The summed E-state index contributed by atoms with van der Waals surface area (Å²) in [6, 6.07) is 16.6. The van der Waals surface area contributed by atoms with Crippen molar-refractivity contribution >= 4 is 11.6 Å². The zero-order valence-corrected chi connectivity index (χ0v) is 19.8. The van der Waals surface area contributed by atoms with E-state index in [0.29, 0.717) is 40.8 Å². The fourth-order valence-electron chi connectivity index (χ4n) is 4.23. The van der Waals surface area contributed by atoms with Crippen LogP contribution in [0.4, 0.5) is 0 Å². The van der Waals surface area contributed by atoms with Crippen LogP contribution in [0.3, 0.4) is 0 Å². The van der Waals surface area contributed by atoms with Gasteiger partial charge in [0.1, 0.15) is 17.4 Å². The summed E-state index contributed by atoms with van der Waals surface area (Å²) < 4.78 is 18.1. The normalized spacial score (nSPS) is 14.7. The van der Waals surface area contributed by atoms with Crippen molar-refractivity contribution < 1.29 is 14.2 Å². The molecular weight excluding hydrogens is 454 g/mol. The molecule has 0 unspecified atom stereocenters. The highest BCUT2D eigenvalue weighted by Crippen LogP contribution is 2.40. The van der Waals surface area contributed by atoms with Crippen LogP contribution >= 0.6 is 11.6 Å². The van der Waals surface area contributed by atoms with Gasteiger partial charge in [-0.25, -0.2) is 0 Å². The third kappa shape index (κ3) is 4.20. The second-order valence-electron chi connectivity index (χ2n) is 7.94. The minimum absolute atomic E-state index is 0.00294. The number of rotatable bonds is 6. The molecule has 8 heteroatoms. The first-order valence-corrected chi connectivity index (χ1v) is 11.0. The molecule has 1 aromatic heterocycles. The summed E-state index contributed by atoms with van der Waals surface area (Å²) in [5, 5.41) is 10.4. The number of methoxy groups -OCH3 is 2. The highest BCUT2D eigenvalue weighted by Gasteiger charge is 2.34. The van der Waals surface area contributed by atoms with Crippen molar-refractivity contribution in [3.8, 4) is 23.3 Å². The Morgan fingerprint density at radius 2 is 1.82 bits per heavy atom. The summed E-state index contributed by atoms with van der Waals surface area (Å²) in [6.07, 6.45) is 0.593. The predicted molar refractivity (Wildman–Crippen MR) is 129 cm³/mol. The van der Waals surface area contributed by atoms with Crippen LogP contribution in [-0.4, -0.2) is 18.8 Å².